The minimum Gasteiger partial charge on any atom is -0.205 e. The molecule has 0 amide bonds. The van der Waals surface area contributed by atoms with Crippen LogP contribution in [0, 0.1) is 10.8 Å². The number of rotatable bonds is 0. The van der Waals surface area contributed by atoms with E-state index >= 15 is 0 Å². The van der Waals surface area contributed by atoms with Crippen molar-refractivity contribution < 1.29 is 17.6 Å². The third-order valence-electron chi connectivity index (χ3n) is 3.14. The Kier molecular flexibility index (Phi) is 1.47. The second-order valence-electron chi connectivity index (χ2n) is 4.40. The van der Waals surface area contributed by atoms with E-state index in [4.69, 9.17) is 0 Å². The Morgan fingerprint density at radius 1 is 0.583 bits per heavy atom. The number of hydrogen-bond donors (Lipinski definition) is 0. The third-order valence-corrected chi connectivity index (χ3v) is 3.14. The molecule has 0 aromatic rings. The summed E-state index contributed by atoms with van der Waals surface area (Å²) in [4.78, 5) is 0. The molecule has 1 saturated carbocycles. The molecule has 0 N–H and O–H groups in total. The molecule has 0 aromatic heterocycles. The highest BCUT2D eigenvalue weighted by Gasteiger charge is 2.86. The molecule has 0 bridgehead atoms. The Labute approximate surface area is 69.0 Å². The van der Waals surface area contributed by atoms with Crippen molar-refractivity contribution in [3.05, 3.63) is 0 Å². The molecule has 4 heteroatoms. The molecule has 0 aromatic carbocycles. The summed E-state index contributed by atoms with van der Waals surface area (Å²) < 4.78 is 52.4. The van der Waals surface area contributed by atoms with Gasteiger partial charge in [-0.2, -0.15) is 0 Å². The van der Waals surface area contributed by atoms with E-state index in [9.17, 15) is 17.6 Å². The van der Waals surface area contributed by atoms with Crippen LogP contribution in [0.5, 0.6) is 0 Å². The predicted molar refractivity (Wildman–Crippen MR) is 37.5 cm³/mol. The zero-order valence-corrected chi connectivity index (χ0v) is 7.51. The Bertz CT molecular complexity index is 151. The van der Waals surface area contributed by atoms with Crippen molar-refractivity contribution in [1.29, 1.82) is 0 Å². The molecule has 0 heterocycles. The maximum absolute atomic E-state index is 13.1. The van der Waals surface area contributed by atoms with Crippen LogP contribution in [0.1, 0.15) is 27.7 Å². The lowest BCUT2D eigenvalue weighted by Gasteiger charge is -2.62. The van der Waals surface area contributed by atoms with Crippen LogP contribution in [-0.4, -0.2) is 11.8 Å². The topological polar surface area (TPSA) is 0 Å². The van der Waals surface area contributed by atoms with Crippen LogP contribution in [0.3, 0.4) is 0 Å². The van der Waals surface area contributed by atoms with Gasteiger partial charge in [-0.25, -0.2) is 17.6 Å². The first-order valence-electron chi connectivity index (χ1n) is 3.76. The molecular weight excluding hydrogens is 172 g/mol. The summed E-state index contributed by atoms with van der Waals surface area (Å²) in [6, 6.07) is 0. The van der Waals surface area contributed by atoms with E-state index in [2.05, 4.69) is 0 Å². The monoisotopic (exact) mass is 184 g/mol. The lowest BCUT2D eigenvalue weighted by atomic mass is 9.49. The van der Waals surface area contributed by atoms with Gasteiger partial charge >= 0.3 is 0 Å². The van der Waals surface area contributed by atoms with Crippen LogP contribution in [0.2, 0.25) is 0 Å². The zero-order chi connectivity index (χ0) is 10.0. The maximum Gasteiger partial charge on any atom is 0.269 e. The first-order chi connectivity index (χ1) is 5.00. The maximum atomic E-state index is 13.1. The molecule has 0 spiro atoms. The fourth-order valence-electron chi connectivity index (χ4n) is 1.89. The van der Waals surface area contributed by atoms with Crippen LogP contribution in [0.25, 0.3) is 0 Å². The molecule has 0 saturated heterocycles. The molecule has 72 valence electrons. The van der Waals surface area contributed by atoms with Crippen molar-refractivity contribution in [3.8, 4) is 0 Å². The second kappa shape index (κ2) is 1.80. The lowest BCUT2D eigenvalue weighted by Crippen LogP contribution is -2.76. The smallest absolute Gasteiger partial charge is 0.205 e. The molecule has 1 aliphatic rings. The van der Waals surface area contributed by atoms with Gasteiger partial charge in [0.1, 0.15) is 0 Å². The highest BCUT2D eigenvalue weighted by atomic mass is 19.3. The zero-order valence-electron chi connectivity index (χ0n) is 7.51. The van der Waals surface area contributed by atoms with E-state index in [-0.39, 0.29) is 0 Å². The summed E-state index contributed by atoms with van der Waals surface area (Å²) in [5, 5.41) is 0. The summed E-state index contributed by atoms with van der Waals surface area (Å²) >= 11 is 0. The fraction of sp³-hybridized carbons (Fsp3) is 1.00. The predicted octanol–water partition coefficient (Wildman–Crippen LogP) is 3.32. The molecule has 1 aliphatic carbocycles. The number of hydrogen-bond acceptors (Lipinski definition) is 0. The molecule has 12 heavy (non-hydrogen) atoms. The minimum atomic E-state index is -3.30. The Balaban J connectivity index is 3.16. The molecular formula is C8H12F4. The quantitative estimate of drug-likeness (QED) is 0.506. The van der Waals surface area contributed by atoms with Gasteiger partial charge in [0.15, 0.2) is 0 Å². The van der Waals surface area contributed by atoms with Crippen LogP contribution >= 0.6 is 0 Å². The largest absolute Gasteiger partial charge is 0.269 e. The standard InChI is InChI=1S/C8H12F4/c1-5(2)7(9,10)6(3,4)8(5,11)12/h1-4H3. The van der Waals surface area contributed by atoms with Crippen LogP contribution in [0.15, 0.2) is 0 Å². The highest BCUT2D eigenvalue weighted by molar-refractivity contribution is 5.20. The van der Waals surface area contributed by atoms with E-state index in [1.165, 1.54) is 0 Å². The fourth-order valence-corrected chi connectivity index (χ4v) is 1.89. The van der Waals surface area contributed by atoms with Crippen LogP contribution < -0.4 is 0 Å². The Hall–Kier alpha value is -0.280. The van der Waals surface area contributed by atoms with Gasteiger partial charge in [-0.05, 0) is 27.7 Å². The van der Waals surface area contributed by atoms with Crippen LogP contribution in [-0.2, 0) is 0 Å². The average Bonchev–Trinajstić information content (AvgIpc) is 1.84. The van der Waals surface area contributed by atoms with E-state index in [0.29, 0.717) is 0 Å². The van der Waals surface area contributed by atoms with Gasteiger partial charge in [-0.1, -0.05) is 0 Å². The van der Waals surface area contributed by atoms with Gasteiger partial charge in [0.2, 0.25) is 0 Å². The molecule has 0 atom stereocenters. The van der Waals surface area contributed by atoms with Gasteiger partial charge < -0.3 is 0 Å². The summed E-state index contributed by atoms with van der Waals surface area (Å²) in [5.74, 6) is -6.60. The van der Waals surface area contributed by atoms with Crippen molar-refractivity contribution in [2.75, 3.05) is 0 Å². The van der Waals surface area contributed by atoms with Gasteiger partial charge in [0, 0.05) is 0 Å². The first kappa shape index (κ1) is 9.81. The number of halogens is 4. The highest BCUT2D eigenvalue weighted by Crippen LogP contribution is 2.73. The third kappa shape index (κ3) is 0.579. The van der Waals surface area contributed by atoms with Crippen molar-refractivity contribution in [2.45, 2.75) is 39.5 Å². The molecule has 1 rings (SSSR count). The van der Waals surface area contributed by atoms with Gasteiger partial charge in [-0.3, -0.25) is 0 Å². The number of alkyl halides is 4. The molecule has 0 aliphatic heterocycles. The molecule has 0 nitrogen and oxygen atoms in total. The Morgan fingerprint density at radius 3 is 0.833 bits per heavy atom. The molecule has 1 fully saturated rings. The lowest BCUT2D eigenvalue weighted by molar-refractivity contribution is -0.419. The van der Waals surface area contributed by atoms with Crippen LogP contribution in [0.4, 0.5) is 17.6 Å². The summed E-state index contributed by atoms with van der Waals surface area (Å²) in [5.41, 5.74) is -4.44. The normalized spacial score (nSPS) is 34.0. The van der Waals surface area contributed by atoms with E-state index in [1.54, 1.807) is 0 Å². The SMILES string of the molecule is CC1(C)C(F)(F)C(C)(C)C1(F)F. The molecule has 0 unspecified atom stereocenters. The van der Waals surface area contributed by atoms with Crippen molar-refractivity contribution in [2.24, 2.45) is 10.8 Å². The van der Waals surface area contributed by atoms with E-state index in [1.807, 2.05) is 0 Å². The van der Waals surface area contributed by atoms with Crippen molar-refractivity contribution in [1.82, 2.24) is 0 Å². The molecule has 0 radical (unpaired) electrons. The summed E-state index contributed by atoms with van der Waals surface area (Å²) in [6.07, 6.45) is 0. The first-order valence-corrected chi connectivity index (χ1v) is 3.76. The van der Waals surface area contributed by atoms with Gasteiger partial charge in [-0.15, -0.1) is 0 Å². The van der Waals surface area contributed by atoms with Crippen molar-refractivity contribution >= 4 is 0 Å². The van der Waals surface area contributed by atoms with E-state index < -0.39 is 22.7 Å². The second-order valence-corrected chi connectivity index (χ2v) is 4.40. The summed E-state index contributed by atoms with van der Waals surface area (Å²) in [7, 11) is 0. The van der Waals surface area contributed by atoms with E-state index in [0.717, 1.165) is 27.7 Å². The van der Waals surface area contributed by atoms with Crippen molar-refractivity contribution in [3.63, 3.8) is 0 Å². The minimum absolute atomic E-state index is 0.901. The Morgan fingerprint density at radius 2 is 0.750 bits per heavy atom. The average molecular weight is 184 g/mol. The summed E-state index contributed by atoms with van der Waals surface area (Å²) in [6.45, 7) is 3.60. The van der Waals surface area contributed by atoms with Gasteiger partial charge in [0.05, 0.1) is 10.8 Å². The van der Waals surface area contributed by atoms with Gasteiger partial charge in [0.25, 0.3) is 11.8 Å².